The number of aryl methyl sites for hydroxylation is 1. The maximum atomic E-state index is 9.67. The molecule has 0 radical (unpaired) electrons. The smallest absolute Gasteiger partial charge is 0.134 e. The van der Waals surface area contributed by atoms with E-state index in [-0.39, 0.29) is 5.75 Å². The highest BCUT2D eigenvalue weighted by Gasteiger charge is 2.18. The van der Waals surface area contributed by atoms with Crippen molar-refractivity contribution < 1.29 is 5.11 Å². The van der Waals surface area contributed by atoms with Gasteiger partial charge in [0.2, 0.25) is 0 Å². The van der Waals surface area contributed by atoms with Crippen LogP contribution in [0.15, 0.2) is 6.07 Å². The summed E-state index contributed by atoms with van der Waals surface area (Å²) >= 11 is 6.11. The van der Waals surface area contributed by atoms with E-state index in [1.54, 1.807) is 6.07 Å². The molecule has 0 bridgehead atoms. The van der Waals surface area contributed by atoms with Crippen molar-refractivity contribution in [2.45, 2.75) is 33.1 Å². The van der Waals surface area contributed by atoms with Crippen LogP contribution < -0.4 is 5.32 Å². The maximum absolute atomic E-state index is 9.67. The lowest BCUT2D eigenvalue weighted by atomic mass is 9.88. The molecule has 3 heteroatoms. The Morgan fingerprint density at radius 1 is 1.47 bits per heavy atom. The fourth-order valence-corrected chi connectivity index (χ4v) is 2.85. The lowest BCUT2D eigenvalue weighted by Gasteiger charge is -2.24. The Labute approximate surface area is 108 Å². The summed E-state index contributed by atoms with van der Waals surface area (Å²) in [5.74, 6) is 0.897. The standard InChI is InChI=1S/C14H20ClNO/c1-9-6-13(17)14(15)10(2)12(9)7-11-4-3-5-16-8-11/h6,11,16-17H,3-5,7-8H2,1-2H3. The van der Waals surface area contributed by atoms with Gasteiger partial charge in [-0.3, -0.25) is 0 Å². The Balaban J connectivity index is 2.22. The third kappa shape index (κ3) is 2.75. The first-order valence-electron chi connectivity index (χ1n) is 6.28. The maximum Gasteiger partial charge on any atom is 0.134 e. The van der Waals surface area contributed by atoms with Crippen LogP contribution in [-0.2, 0) is 6.42 Å². The normalized spacial score (nSPS) is 20.5. The highest BCUT2D eigenvalue weighted by Crippen LogP contribution is 2.33. The van der Waals surface area contributed by atoms with Gasteiger partial charge in [-0.2, -0.15) is 0 Å². The highest BCUT2D eigenvalue weighted by molar-refractivity contribution is 6.32. The Bertz CT molecular complexity index is 411. The van der Waals surface area contributed by atoms with Crippen LogP contribution in [-0.4, -0.2) is 18.2 Å². The molecule has 1 aromatic rings. The van der Waals surface area contributed by atoms with Crippen LogP contribution in [0.5, 0.6) is 5.75 Å². The number of rotatable bonds is 2. The van der Waals surface area contributed by atoms with Crippen LogP contribution in [0.3, 0.4) is 0 Å². The molecular formula is C14H20ClNO. The molecule has 0 spiro atoms. The van der Waals surface area contributed by atoms with E-state index in [4.69, 9.17) is 11.6 Å². The second-order valence-electron chi connectivity index (χ2n) is 5.05. The fraction of sp³-hybridized carbons (Fsp3) is 0.571. The number of phenolic OH excluding ortho intramolecular Hbond substituents is 1. The van der Waals surface area contributed by atoms with E-state index in [1.807, 2.05) is 6.92 Å². The van der Waals surface area contributed by atoms with Crippen LogP contribution in [0.2, 0.25) is 5.02 Å². The number of phenols is 1. The van der Waals surface area contributed by atoms with E-state index in [0.29, 0.717) is 10.9 Å². The van der Waals surface area contributed by atoms with Crippen LogP contribution in [0, 0.1) is 19.8 Å². The lowest BCUT2D eigenvalue weighted by Crippen LogP contribution is -2.31. The minimum absolute atomic E-state index is 0.201. The largest absolute Gasteiger partial charge is 0.506 e. The first kappa shape index (κ1) is 12.7. The number of piperidine rings is 1. The van der Waals surface area contributed by atoms with E-state index in [1.165, 1.54) is 18.4 Å². The van der Waals surface area contributed by atoms with Gasteiger partial charge in [0.05, 0.1) is 5.02 Å². The Hall–Kier alpha value is -0.730. The fourth-order valence-electron chi connectivity index (χ4n) is 2.68. The van der Waals surface area contributed by atoms with Crippen molar-refractivity contribution in [3.63, 3.8) is 0 Å². The van der Waals surface area contributed by atoms with Crippen molar-refractivity contribution in [1.82, 2.24) is 5.32 Å². The van der Waals surface area contributed by atoms with Crippen LogP contribution in [0.4, 0.5) is 0 Å². The molecule has 1 aliphatic rings. The molecule has 0 aromatic heterocycles. The zero-order valence-corrected chi connectivity index (χ0v) is 11.3. The van der Waals surface area contributed by atoms with Gasteiger partial charge < -0.3 is 10.4 Å². The molecule has 2 nitrogen and oxygen atoms in total. The Morgan fingerprint density at radius 3 is 2.88 bits per heavy atom. The summed E-state index contributed by atoms with van der Waals surface area (Å²) in [5.41, 5.74) is 3.49. The number of hydrogen-bond acceptors (Lipinski definition) is 2. The third-order valence-electron chi connectivity index (χ3n) is 3.73. The summed E-state index contributed by atoms with van der Waals surface area (Å²) in [7, 11) is 0. The van der Waals surface area contributed by atoms with Gasteiger partial charge in [0.1, 0.15) is 5.75 Å². The second kappa shape index (κ2) is 5.28. The first-order valence-corrected chi connectivity index (χ1v) is 6.65. The number of benzene rings is 1. The topological polar surface area (TPSA) is 32.3 Å². The van der Waals surface area contributed by atoms with Gasteiger partial charge in [0.25, 0.3) is 0 Å². The van der Waals surface area contributed by atoms with E-state index in [2.05, 4.69) is 12.2 Å². The molecule has 1 atom stereocenters. The van der Waals surface area contributed by atoms with Crippen molar-refractivity contribution in [2.24, 2.45) is 5.92 Å². The number of aromatic hydroxyl groups is 1. The predicted octanol–water partition coefficient (Wildman–Crippen LogP) is 3.20. The van der Waals surface area contributed by atoms with Gasteiger partial charge in [-0.1, -0.05) is 11.6 Å². The molecular weight excluding hydrogens is 234 g/mol. The molecule has 1 aromatic carbocycles. The minimum Gasteiger partial charge on any atom is -0.506 e. The van der Waals surface area contributed by atoms with Gasteiger partial charge in [0.15, 0.2) is 0 Å². The number of hydrogen-bond donors (Lipinski definition) is 2. The SMILES string of the molecule is Cc1cc(O)c(Cl)c(C)c1CC1CCCNC1. The summed E-state index contributed by atoms with van der Waals surface area (Å²) in [6, 6.07) is 1.78. The van der Waals surface area contributed by atoms with Crippen molar-refractivity contribution in [3.8, 4) is 5.75 Å². The highest BCUT2D eigenvalue weighted by atomic mass is 35.5. The molecule has 17 heavy (non-hydrogen) atoms. The molecule has 0 saturated carbocycles. The van der Waals surface area contributed by atoms with E-state index in [0.717, 1.165) is 30.6 Å². The molecule has 0 aliphatic carbocycles. The molecule has 2 rings (SSSR count). The minimum atomic E-state index is 0.201. The summed E-state index contributed by atoms with van der Waals surface area (Å²) in [5, 5.41) is 13.6. The molecule has 94 valence electrons. The van der Waals surface area contributed by atoms with E-state index in [9.17, 15) is 5.11 Å². The summed E-state index contributed by atoms with van der Waals surface area (Å²) in [6.07, 6.45) is 3.60. The molecule has 2 N–H and O–H groups in total. The van der Waals surface area contributed by atoms with Crippen LogP contribution >= 0.6 is 11.6 Å². The summed E-state index contributed by atoms with van der Waals surface area (Å²) in [6.45, 7) is 6.29. The zero-order valence-electron chi connectivity index (χ0n) is 10.5. The Morgan fingerprint density at radius 2 is 2.24 bits per heavy atom. The van der Waals surface area contributed by atoms with Crippen molar-refractivity contribution in [1.29, 1.82) is 0 Å². The van der Waals surface area contributed by atoms with Crippen LogP contribution in [0.25, 0.3) is 0 Å². The number of halogens is 1. The van der Waals surface area contributed by atoms with Crippen molar-refractivity contribution >= 4 is 11.6 Å². The molecule has 1 fully saturated rings. The van der Waals surface area contributed by atoms with Gasteiger partial charge >= 0.3 is 0 Å². The van der Waals surface area contributed by atoms with Gasteiger partial charge in [-0.25, -0.2) is 0 Å². The molecule has 0 amide bonds. The Kier molecular flexibility index (Phi) is 3.95. The first-order chi connectivity index (χ1) is 8.09. The molecule has 1 unspecified atom stereocenters. The van der Waals surface area contributed by atoms with E-state index >= 15 is 0 Å². The average molecular weight is 254 g/mol. The number of nitrogens with one attached hydrogen (secondary N) is 1. The lowest BCUT2D eigenvalue weighted by molar-refractivity contribution is 0.375. The summed E-state index contributed by atoms with van der Waals surface area (Å²) in [4.78, 5) is 0. The van der Waals surface area contributed by atoms with E-state index < -0.39 is 0 Å². The van der Waals surface area contributed by atoms with Crippen molar-refractivity contribution in [3.05, 3.63) is 27.8 Å². The third-order valence-corrected chi connectivity index (χ3v) is 4.20. The zero-order chi connectivity index (χ0) is 12.4. The van der Waals surface area contributed by atoms with Crippen LogP contribution in [0.1, 0.15) is 29.5 Å². The van der Waals surface area contributed by atoms with Gasteiger partial charge in [-0.15, -0.1) is 0 Å². The second-order valence-corrected chi connectivity index (χ2v) is 5.42. The van der Waals surface area contributed by atoms with Gasteiger partial charge in [-0.05, 0) is 74.9 Å². The molecule has 1 saturated heterocycles. The monoisotopic (exact) mass is 253 g/mol. The molecule has 1 heterocycles. The summed E-state index contributed by atoms with van der Waals surface area (Å²) < 4.78 is 0. The molecule has 1 aliphatic heterocycles. The quantitative estimate of drug-likeness (QED) is 0.848. The van der Waals surface area contributed by atoms with Gasteiger partial charge in [0, 0.05) is 0 Å². The van der Waals surface area contributed by atoms with Crippen molar-refractivity contribution in [2.75, 3.05) is 13.1 Å². The predicted molar refractivity (Wildman–Crippen MR) is 71.9 cm³/mol. The average Bonchev–Trinajstić information content (AvgIpc) is 2.33.